The van der Waals surface area contributed by atoms with E-state index in [-0.39, 0.29) is 11.8 Å². The lowest BCUT2D eigenvalue weighted by molar-refractivity contribution is 0.0730. The second-order valence-corrected chi connectivity index (χ2v) is 11.6. The summed E-state index contributed by atoms with van der Waals surface area (Å²) in [7, 11) is -3.62. The molecular weight excluding hydrogens is 408 g/mol. The van der Waals surface area contributed by atoms with Gasteiger partial charge in [0.05, 0.1) is 4.90 Å². The maximum Gasteiger partial charge on any atom is 0.254 e. The van der Waals surface area contributed by atoms with Crippen LogP contribution in [-0.2, 0) is 10.0 Å². The minimum absolute atomic E-state index is 0.0486. The Morgan fingerprint density at radius 3 is 2.45 bits per heavy atom. The third-order valence-electron chi connectivity index (χ3n) is 7.16. The molecule has 2 fully saturated rings. The van der Waals surface area contributed by atoms with Crippen LogP contribution in [0.5, 0.6) is 0 Å². The first-order valence-corrected chi connectivity index (χ1v) is 13.4. The van der Waals surface area contributed by atoms with Gasteiger partial charge in [-0.3, -0.25) is 4.79 Å². The van der Waals surface area contributed by atoms with Crippen molar-refractivity contribution in [2.24, 2.45) is 5.92 Å². The number of sulfonamides is 1. The van der Waals surface area contributed by atoms with Crippen LogP contribution < -0.4 is 0 Å². The van der Waals surface area contributed by atoms with Crippen molar-refractivity contribution in [1.29, 1.82) is 0 Å². The van der Waals surface area contributed by atoms with Crippen LogP contribution in [0.1, 0.15) is 87.1 Å². The van der Waals surface area contributed by atoms with Crippen molar-refractivity contribution in [3.63, 3.8) is 0 Å². The minimum atomic E-state index is -3.62. The van der Waals surface area contributed by atoms with Crippen molar-refractivity contribution >= 4 is 15.9 Å². The molecule has 5 nitrogen and oxygen atoms in total. The molecule has 0 saturated carbocycles. The molecule has 0 aromatic heterocycles. The fourth-order valence-corrected chi connectivity index (χ4v) is 7.18. The van der Waals surface area contributed by atoms with Gasteiger partial charge in [0.25, 0.3) is 5.91 Å². The predicted molar refractivity (Wildman–Crippen MR) is 124 cm³/mol. The zero-order valence-corrected chi connectivity index (χ0v) is 19.8. The van der Waals surface area contributed by atoms with E-state index in [9.17, 15) is 13.2 Å². The second-order valence-electron chi connectivity index (χ2n) is 9.65. The van der Waals surface area contributed by atoms with Crippen LogP contribution in [0.2, 0.25) is 0 Å². The molecule has 1 aromatic carbocycles. The van der Waals surface area contributed by atoms with E-state index in [4.69, 9.17) is 0 Å². The Morgan fingerprint density at radius 2 is 1.74 bits per heavy atom. The van der Waals surface area contributed by atoms with E-state index in [2.05, 4.69) is 6.08 Å². The quantitative estimate of drug-likeness (QED) is 0.618. The Morgan fingerprint density at radius 1 is 1.00 bits per heavy atom. The molecule has 31 heavy (non-hydrogen) atoms. The van der Waals surface area contributed by atoms with Gasteiger partial charge in [-0.1, -0.05) is 44.4 Å². The first-order valence-electron chi connectivity index (χ1n) is 12.0. The first kappa shape index (κ1) is 22.5. The van der Waals surface area contributed by atoms with E-state index >= 15 is 0 Å². The maximum atomic E-state index is 13.6. The minimum Gasteiger partial charge on any atom is -0.335 e. The van der Waals surface area contributed by atoms with Gasteiger partial charge < -0.3 is 4.90 Å². The van der Waals surface area contributed by atoms with Crippen LogP contribution in [-0.4, -0.2) is 49.7 Å². The summed E-state index contributed by atoms with van der Waals surface area (Å²) in [6.07, 6.45) is 10.9. The third kappa shape index (κ3) is 4.75. The molecule has 1 atom stereocenters. The van der Waals surface area contributed by atoms with Crippen LogP contribution in [0, 0.1) is 5.92 Å². The topological polar surface area (TPSA) is 57.7 Å². The van der Waals surface area contributed by atoms with Crippen LogP contribution in [0.4, 0.5) is 0 Å². The summed E-state index contributed by atoms with van der Waals surface area (Å²) in [4.78, 5) is 15.6. The number of fused-ring (bicyclic) bond motifs is 1. The highest BCUT2D eigenvalue weighted by molar-refractivity contribution is 7.89. The molecule has 2 saturated heterocycles. The van der Waals surface area contributed by atoms with Crippen LogP contribution in [0.3, 0.4) is 0 Å². The molecule has 2 heterocycles. The Hall–Kier alpha value is -1.66. The normalized spacial score (nSPS) is 23.3. The number of hydrogen-bond acceptors (Lipinski definition) is 3. The molecule has 0 radical (unpaired) electrons. The van der Waals surface area contributed by atoms with Crippen molar-refractivity contribution in [3.8, 4) is 0 Å². The molecule has 4 rings (SSSR count). The number of nitrogens with zero attached hydrogens (tertiary/aromatic N) is 2. The average molecular weight is 445 g/mol. The van der Waals surface area contributed by atoms with Gasteiger partial charge in [0.15, 0.2) is 0 Å². The predicted octanol–water partition coefficient (Wildman–Crippen LogP) is 4.95. The lowest BCUT2D eigenvalue weighted by atomic mass is 9.82. The summed E-state index contributed by atoms with van der Waals surface area (Å²) in [5.74, 6) is 0.650. The standard InChI is InChI=1S/C25H36N2O3S/c1-19(2)23-12-11-21(17-24(23)31(29,30)27-14-7-3-4-8-15-27)25(28)26-16-13-20-9-5-6-10-22(20)18-26/h10-12,17,19-20H,3-9,13-16,18H2,1-2H3/t20-/m1/s1. The molecule has 0 N–H and O–H groups in total. The van der Waals surface area contributed by atoms with Gasteiger partial charge in [0.2, 0.25) is 10.0 Å². The van der Waals surface area contributed by atoms with E-state index in [0.717, 1.165) is 50.6 Å². The molecule has 1 amide bonds. The molecule has 0 bridgehead atoms. The number of carbonyl (C=O) groups is 1. The molecule has 6 heteroatoms. The Labute approximate surface area is 187 Å². The number of likely N-dealkylation sites (tertiary alicyclic amines) is 1. The van der Waals surface area contributed by atoms with Crippen molar-refractivity contribution in [2.45, 2.75) is 76.0 Å². The van der Waals surface area contributed by atoms with Crippen molar-refractivity contribution in [2.75, 3.05) is 26.2 Å². The van der Waals surface area contributed by atoms with Crippen LogP contribution in [0.25, 0.3) is 0 Å². The number of piperidine rings is 1. The molecule has 2 aliphatic heterocycles. The van der Waals surface area contributed by atoms with Gasteiger partial charge in [-0.15, -0.1) is 0 Å². The Bertz CT molecular complexity index is 944. The summed E-state index contributed by atoms with van der Waals surface area (Å²) in [6.45, 7) is 6.60. The van der Waals surface area contributed by atoms with Crippen LogP contribution in [0.15, 0.2) is 34.7 Å². The number of hydrogen-bond donors (Lipinski definition) is 0. The molecule has 170 valence electrons. The number of allylic oxidation sites excluding steroid dienone is 1. The van der Waals surface area contributed by atoms with Crippen LogP contribution >= 0.6 is 0 Å². The van der Waals surface area contributed by atoms with Crippen molar-refractivity contribution < 1.29 is 13.2 Å². The second kappa shape index (κ2) is 9.45. The van der Waals surface area contributed by atoms with E-state index in [1.165, 1.54) is 18.4 Å². The summed E-state index contributed by atoms with van der Waals surface area (Å²) in [5.41, 5.74) is 2.68. The first-order chi connectivity index (χ1) is 14.9. The fourth-order valence-electron chi connectivity index (χ4n) is 5.28. The molecular formula is C25H36N2O3S. The number of benzene rings is 1. The van der Waals surface area contributed by atoms with E-state index in [1.807, 2.05) is 30.9 Å². The van der Waals surface area contributed by atoms with Gasteiger partial charge >= 0.3 is 0 Å². The van der Waals surface area contributed by atoms with Gasteiger partial charge in [-0.05, 0) is 68.1 Å². The highest BCUT2D eigenvalue weighted by Crippen LogP contribution is 2.33. The highest BCUT2D eigenvalue weighted by Gasteiger charge is 2.32. The van der Waals surface area contributed by atoms with Gasteiger partial charge in [-0.25, -0.2) is 8.42 Å². The molecule has 1 aliphatic carbocycles. The summed E-state index contributed by atoms with van der Waals surface area (Å²) < 4.78 is 28.8. The van der Waals surface area contributed by atoms with Crippen molar-refractivity contribution in [3.05, 3.63) is 41.0 Å². The molecule has 3 aliphatic rings. The van der Waals surface area contributed by atoms with E-state index in [1.54, 1.807) is 10.4 Å². The Balaban J connectivity index is 1.64. The number of rotatable bonds is 4. The maximum absolute atomic E-state index is 13.6. The lowest BCUT2D eigenvalue weighted by Crippen LogP contribution is -2.40. The molecule has 0 unspecified atom stereocenters. The van der Waals surface area contributed by atoms with Gasteiger partial charge in [0.1, 0.15) is 0 Å². The number of carbonyl (C=O) groups excluding carboxylic acids is 1. The highest BCUT2D eigenvalue weighted by atomic mass is 32.2. The smallest absolute Gasteiger partial charge is 0.254 e. The van der Waals surface area contributed by atoms with E-state index in [0.29, 0.717) is 36.0 Å². The summed E-state index contributed by atoms with van der Waals surface area (Å²) in [6, 6.07) is 5.33. The zero-order valence-electron chi connectivity index (χ0n) is 19.0. The molecule has 1 aromatic rings. The zero-order chi connectivity index (χ0) is 22.0. The third-order valence-corrected chi connectivity index (χ3v) is 9.12. The Kier molecular flexibility index (Phi) is 6.87. The summed E-state index contributed by atoms with van der Waals surface area (Å²) >= 11 is 0. The average Bonchev–Trinajstić information content (AvgIpc) is 3.08. The van der Waals surface area contributed by atoms with E-state index < -0.39 is 10.0 Å². The molecule has 0 spiro atoms. The SMILES string of the molecule is CC(C)c1ccc(C(=O)N2CC[C@H]3CCCC=C3C2)cc1S(=O)(=O)N1CCCCCC1. The fraction of sp³-hybridized carbons (Fsp3) is 0.640. The number of amides is 1. The van der Waals surface area contributed by atoms with Crippen molar-refractivity contribution in [1.82, 2.24) is 9.21 Å². The summed E-state index contributed by atoms with van der Waals surface area (Å²) in [5, 5.41) is 0. The van der Waals surface area contributed by atoms with Gasteiger partial charge in [0, 0.05) is 31.7 Å². The lowest BCUT2D eigenvalue weighted by Gasteiger charge is -2.36. The monoisotopic (exact) mass is 444 g/mol. The largest absolute Gasteiger partial charge is 0.335 e. The van der Waals surface area contributed by atoms with Gasteiger partial charge in [-0.2, -0.15) is 4.31 Å².